The van der Waals surface area contributed by atoms with Crippen molar-refractivity contribution < 1.29 is 4.79 Å². The van der Waals surface area contributed by atoms with Crippen LogP contribution in [0.25, 0.3) is 0 Å². The standard InChI is InChI=1S/C16H27N3O/c1-11-7-8-12(9-13(11)19(5)6)18-15(20)10-14(17)16(2,3)4/h7-9,14H,10,17H2,1-6H3,(H,18,20). The average Bonchev–Trinajstić information content (AvgIpc) is 2.29. The van der Waals surface area contributed by atoms with Crippen molar-refractivity contribution in [3.8, 4) is 0 Å². The van der Waals surface area contributed by atoms with Gasteiger partial charge in [-0.15, -0.1) is 0 Å². The second-order valence-electron chi connectivity index (χ2n) is 6.62. The Hall–Kier alpha value is -1.55. The fourth-order valence-electron chi connectivity index (χ4n) is 1.89. The number of aryl methyl sites for hydroxylation is 1. The summed E-state index contributed by atoms with van der Waals surface area (Å²) in [4.78, 5) is 14.1. The summed E-state index contributed by atoms with van der Waals surface area (Å²) >= 11 is 0. The van der Waals surface area contributed by atoms with Crippen LogP contribution in [-0.2, 0) is 4.79 Å². The van der Waals surface area contributed by atoms with Crippen LogP contribution in [0.2, 0.25) is 0 Å². The Morgan fingerprint density at radius 2 is 1.95 bits per heavy atom. The highest BCUT2D eigenvalue weighted by molar-refractivity contribution is 5.91. The van der Waals surface area contributed by atoms with Gasteiger partial charge in [0.15, 0.2) is 0 Å². The van der Waals surface area contributed by atoms with Gasteiger partial charge in [0.25, 0.3) is 0 Å². The molecule has 0 aromatic heterocycles. The molecular formula is C16H27N3O. The topological polar surface area (TPSA) is 58.4 Å². The first-order valence-electron chi connectivity index (χ1n) is 6.94. The number of nitrogens with two attached hydrogens (primary N) is 1. The maximum atomic E-state index is 12.0. The molecule has 0 radical (unpaired) electrons. The Labute approximate surface area is 122 Å². The first kappa shape index (κ1) is 16.5. The molecular weight excluding hydrogens is 250 g/mol. The number of hydrogen-bond donors (Lipinski definition) is 2. The van der Waals surface area contributed by atoms with Crippen molar-refractivity contribution in [3.63, 3.8) is 0 Å². The molecule has 0 heterocycles. The van der Waals surface area contributed by atoms with Crippen LogP contribution < -0.4 is 16.0 Å². The molecule has 0 bridgehead atoms. The van der Waals surface area contributed by atoms with Gasteiger partial charge in [0.2, 0.25) is 5.91 Å². The third-order valence-electron chi connectivity index (χ3n) is 3.49. The lowest BCUT2D eigenvalue weighted by Gasteiger charge is -2.26. The predicted molar refractivity (Wildman–Crippen MR) is 86.2 cm³/mol. The van der Waals surface area contributed by atoms with Crippen molar-refractivity contribution in [2.24, 2.45) is 11.1 Å². The lowest BCUT2D eigenvalue weighted by Crippen LogP contribution is -2.38. The summed E-state index contributed by atoms with van der Waals surface area (Å²) in [6.07, 6.45) is 0.328. The fraction of sp³-hybridized carbons (Fsp3) is 0.562. The number of benzene rings is 1. The SMILES string of the molecule is Cc1ccc(NC(=O)CC(N)C(C)(C)C)cc1N(C)C. The van der Waals surface area contributed by atoms with Crippen LogP contribution in [0.1, 0.15) is 32.8 Å². The van der Waals surface area contributed by atoms with Gasteiger partial charge in [-0.3, -0.25) is 4.79 Å². The number of carbonyl (C=O) groups is 1. The van der Waals surface area contributed by atoms with Crippen LogP contribution in [0.5, 0.6) is 0 Å². The number of amides is 1. The number of anilines is 2. The third kappa shape index (κ3) is 4.53. The van der Waals surface area contributed by atoms with Gasteiger partial charge in [-0.05, 0) is 30.0 Å². The normalized spacial score (nSPS) is 12.9. The lowest BCUT2D eigenvalue weighted by molar-refractivity contribution is -0.117. The van der Waals surface area contributed by atoms with E-state index in [1.54, 1.807) is 0 Å². The summed E-state index contributed by atoms with van der Waals surface area (Å²) in [6, 6.07) is 5.76. The summed E-state index contributed by atoms with van der Waals surface area (Å²) in [6.45, 7) is 8.18. The summed E-state index contributed by atoms with van der Waals surface area (Å²) in [7, 11) is 3.98. The van der Waals surface area contributed by atoms with Gasteiger partial charge in [0.05, 0.1) is 0 Å². The maximum absolute atomic E-state index is 12.0. The highest BCUT2D eigenvalue weighted by Crippen LogP contribution is 2.24. The maximum Gasteiger partial charge on any atom is 0.225 e. The molecule has 1 rings (SSSR count). The minimum absolute atomic E-state index is 0.0408. The van der Waals surface area contributed by atoms with Crippen molar-refractivity contribution in [1.82, 2.24) is 0 Å². The van der Waals surface area contributed by atoms with E-state index in [2.05, 4.69) is 12.2 Å². The van der Waals surface area contributed by atoms with Crippen molar-refractivity contribution in [3.05, 3.63) is 23.8 Å². The van der Waals surface area contributed by atoms with Gasteiger partial charge >= 0.3 is 0 Å². The molecule has 20 heavy (non-hydrogen) atoms. The lowest BCUT2D eigenvalue weighted by atomic mass is 9.85. The van der Waals surface area contributed by atoms with Crippen LogP contribution in [0.15, 0.2) is 18.2 Å². The summed E-state index contributed by atoms with van der Waals surface area (Å²) < 4.78 is 0. The molecule has 0 aliphatic heterocycles. The third-order valence-corrected chi connectivity index (χ3v) is 3.49. The molecule has 4 heteroatoms. The summed E-state index contributed by atoms with van der Waals surface area (Å²) in [5, 5.41) is 2.92. The number of rotatable bonds is 4. The van der Waals surface area contributed by atoms with E-state index in [1.165, 1.54) is 5.56 Å². The molecule has 0 aliphatic rings. The van der Waals surface area contributed by atoms with E-state index in [0.717, 1.165) is 11.4 Å². The number of nitrogens with zero attached hydrogens (tertiary/aromatic N) is 1. The molecule has 3 N–H and O–H groups in total. The summed E-state index contributed by atoms with van der Waals surface area (Å²) in [5.41, 5.74) is 9.06. The highest BCUT2D eigenvalue weighted by atomic mass is 16.1. The second-order valence-corrected chi connectivity index (χ2v) is 6.62. The van der Waals surface area contributed by atoms with Gasteiger partial charge in [-0.2, -0.15) is 0 Å². The zero-order valence-electron chi connectivity index (χ0n) is 13.4. The molecule has 0 saturated heterocycles. The molecule has 1 amide bonds. The number of carbonyl (C=O) groups excluding carboxylic acids is 1. The molecule has 0 spiro atoms. The molecule has 4 nitrogen and oxygen atoms in total. The number of nitrogens with one attached hydrogen (secondary N) is 1. The summed E-state index contributed by atoms with van der Waals surface area (Å²) in [5.74, 6) is -0.0408. The molecule has 1 aromatic rings. The molecule has 0 saturated carbocycles. The van der Waals surface area contributed by atoms with E-state index in [-0.39, 0.29) is 17.4 Å². The Morgan fingerprint density at radius 3 is 2.45 bits per heavy atom. The van der Waals surface area contributed by atoms with E-state index in [1.807, 2.05) is 58.0 Å². The minimum atomic E-state index is -0.152. The molecule has 1 unspecified atom stereocenters. The zero-order chi connectivity index (χ0) is 15.5. The van der Waals surface area contributed by atoms with Crippen LogP contribution in [0.3, 0.4) is 0 Å². The largest absolute Gasteiger partial charge is 0.377 e. The van der Waals surface area contributed by atoms with Gasteiger partial charge < -0.3 is 16.0 Å². The van der Waals surface area contributed by atoms with Crippen molar-refractivity contribution in [2.75, 3.05) is 24.3 Å². The van der Waals surface area contributed by atoms with E-state index >= 15 is 0 Å². The molecule has 112 valence electrons. The van der Waals surface area contributed by atoms with Crippen LogP contribution in [0, 0.1) is 12.3 Å². The van der Waals surface area contributed by atoms with Crippen molar-refractivity contribution in [2.45, 2.75) is 40.2 Å². The highest BCUT2D eigenvalue weighted by Gasteiger charge is 2.23. The van der Waals surface area contributed by atoms with Crippen LogP contribution in [0.4, 0.5) is 11.4 Å². The van der Waals surface area contributed by atoms with Crippen LogP contribution >= 0.6 is 0 Å². The molecule has 0 aliphatic carbocycles. The Bertz CT molecular complexity index is 475. The smallest absolute Gasteiger partial charge is 0.225 e. The van der Waals surface area contributed by atoms with Gasteiger partial charge in [-0.1, -0.05) is 26.8 Å². The number of hydrogen-bond acceptors (Lipinski definition) is 3. The zero-order valence-corrected chi connectivity index (χ0v) is 13.4. The Kier molecular flexibility index (Phi) is 5.17. The Balaban J connectivity index is 2.74. The monoisotopic (exact) mass is 277 g/mol. The van der Waals surface area contributed by atoms with Crippen LogP contribution in [-0.4, -0.2) is 26.0 Å². The van der Waals surface area contributed by atoms with E-state index in [9.17, 15) is 4.79 Å². The van der Waals surface area contributed by atoms with Crippen molar-refractivity contribution >= 4 is 17.3 Å². The van der Waals surface area contributed by atoms with Gasteiger partial charge in [0, 0.05) is 37.9 Å². The van der Waals surface area contributed by atoms with Gasteiger partial charge in [-0.25, -0.2) is 0 Å². The second kappa shape index (κ2) is 6.27. The molecule has 0 fully saturated rings. The Morgan fingerprint density at radius 1 is 1.35 bits per heavy atom. The van der Waals surface area contributed by atoms with Gasteiger partial charge in [0.1, 0.15) is 0 Å². The first-order chi connectivity index (χ1) is 9.11. The van der Waals surface area contributed by atoms with E-state index < -0.39 is 0 Å². The van der Waals surface area contributed by atoms with E-state index in [4.69, 9.17) is 5.73 Å². The van der Waals surface area contributed by atoms with E-state index in [0.29, 0.717) is 6.42 Å². The quantitative estimate of drug-likeness (QED) is 0.889. The van der Waals surface area contributed by atoms with Crippen molar-refractivity contribution in [1.29, 1.82) is 0 Å². The minimum Gasteiger partial charge on any atom is -0.377 e. The molecule has 1 atom stereocenters. The fourth-order valence-corrected chi connectivity index (χ4v) is 1.89. The molecule has 1 aromatic carbocycles. The average molecular weight is 277 g/mol. The first-order valence-corrected chi connectivity index (χ1v) is 6.94. The predicted octanol–water partition coefficient (Wildman–Crippen LogP) is 2.76.